The molecule has 0 saturated carbocycles. The van der Waals surface area contributed by atoms with Crippen molar-refractivity contribution in [3.8, 4) is 96.9 Å². The van der Waals surface area contributed by atoms with Crippen LogP contribution in [0, 0.1) is 89.4 Å². The van der Waals surface area contributed by atoms with Gasteiger partial charge in [0.25, 0.3) is 0 Å². The number of fused-ring (bicyclic) bond motifs is 10. The zero-order valence-electron chi connectivity index (χ0n) is 49.8. The van der Waals surface area contributed by atoms with Gasteiger partial charge in [-0.05, 0) is 83.4 Å². The Labute approximate surface area is 547 Å². The van der Waals surface area contributed by atoms with E-state index >= 15 is 0 Å². The fraction of sp³-hybridized carbons (Fsp3) is 0. The van der Waals surface area contributed by atoms with Crippen LogP contribution in [0.15, 0.2) is 206 Å². The molecule has 15 aromatic rings. The first-order valence-electron chi connectivity index (χ1n) is 29.3. The van der Waals surface area contributed by atoms with E-state index in [4.69, 9.17) is 56.2 Å². The second-order valence-corrected chi connectivity index (χ2v) is 22.0. The molecule has 0 aliphatic rings. The van der Waals surface area contributed by atoms with Gasteiger partial charge in [0.15, 0.2) is 34.6 Å². The quantitative estimate of drug-likeness (QED) is 0.0496. The molecule has 97 heavy (non-hydrogen) atoms. The van der Waals surface area contributed by atoms with Crippen LogP contribution in [0.1, 0.15) is 16.7 Å². The standard InChI is InChI=1S/C42H17F5N6.C37H17N7/c1-49-26-16-14-23(15-17-26)39-40(22-12-10-21(20-48)11-13-22)53-42-32-27-8-3-4-9-29(27)51-38(28(32)19-30(50-2)41(42)52-39)25-7-5-6-24(18-25)31-33(43)35(45)37(47)36(46)34(31)44;1-40-27-16-14-25(15-17-27)34-35(24-12-10-22(20-38)11-13-24)44-37-32-28-8-3-4-9-30(28)42-33(26-7-5-6-23(18-26)21-39)29(32)19-31(41-2)36(37)43-34/h3-19H;3-19H. The predicted molar refractivity (Wildman–Crippen MR) is 362 cm³/mol. The normalized spacial score (nSPS) is 10.9. The van der Waals surface area contributed by atoms with Crippen LogP contribution in [0.25, 0.3) is 163 Å². The number of aromatic nitrogens is 6. The number of nitriles is 3. The Hall–Kier alpha value is -14.5. The van der Waals surface area contributed by atoms with Gasteiger partial charge < -0.3 is 0 Å². The van der Waals surface area contributed by atoms with Crippen LogP contribution in [0.2, 0.25) is 0 Å². The summed E-state index contributed by atoms with van der Waals surface area (Å²) >= 11 is 0. The molecule has 0 aliphatic heterocycles. The molecule has 11 aromatic carbocycles. The lowest BCUT2D eigenvalue weighted by Crippen LogP contribution is -2.04. The Morgan fingerprint density at radius 2 is 0.649 bits per heavy atom. The van der Waals surface area contributed by atoms with E-state index in [0.717, 1.165) is 38.4 Å². The molecule has 0 radical (unpaired) electrons. The highest BCUT2D eigenvalue weighted by molar-refractivity contribution is 6.25. The fourth-order valence-electron chi connectivity index (χ4n) is 11.9. The summed E-state index contributed by atoms with van der Waals surface area (Å²) < 4.78 is 72.3. The molecule has 15 rings (SSSR count). The van der Waals surface area contributed by atoms with Gasteiger partial charge in [0.1, 0.15) is 0 Å². The lowest BCUT2D eigenvalue weighted by molar-refractivity contribution is 0.381. The smallest absolute Gasteiger partial charge is 0.215 e. The molecular weight excluding hydrogens is 1230 g/mol. The third-order valence-corrected chi connectivity index (χ3v) is 16.4. The molecular formula is C79H34F5N13. The number of halogens is 5. The van der Waals surface area contributed by atoms with Crippen molar-refractivity contribution in [3.63, 3.8) is 0 Å². The van der Waals surface area contributed by atoms with Crippen LogP contribution in [-0.4, -0.2) is 29.9 Å². The predicted octanol–water partition coefficient (Wildman–Crippen LogP) is 20.8. The largest absolute Gasteiger partial charge is 0.255 e. The number of hydrogen-bond donors (Lipinski definition) is 0. The number of benzene rings is 11. The summed E-state index contributed by atoms with van der Waals surface area (Å²) in [7, 11) is 0. The summed E-state index contributed by atoms with van der Waals surface area (Å²) in [5.74, 6) is -10.3. The Morgan fingerprint density at radius 3 is 1.05 bits per heavy atom. The number of rotatable bonds is 7. The maximum Gasteiger partial charge on any atom is 0.215 e. The minimum atomic E-state index is -2.26. The topological polar surface area (TPSA) is 166 Å². The second-order valence-electron chi connectivity index (χ2n) is 22.0. The SMILES string of the molecule is [C-]#[N+]c1ccc(-c2nc3c([N+]#[C-])cc4c(-c5cccc(-c6c(F)c(F)c(F)c(F)c6F)c5)nc5ccccc5c4c3nc2-c2ccc(C#N)cc2)cc1.[C-]#[N+]c1ccc(-c2nc3c([N+]#[C-])cc4c(-c5cccc(C#N)c5)nc5ccccc5c4c3nc2-c2ccc(C#N)cc2)cc1. The van der Waals surface area contributed by atoms with Crippen molar-refractivity contribution < 1.29 is 22.0 Å². The molecule has 4 aromatic heterocycles. The van der Waals surface area contributed by atoms with Gasteiger partial charge in [-0.2, -0.15) is 15.8 Å². The Morgan fingerprint density at radius 1 is 0.289 bits per heavy atom. The lowest BCUT2D eigenvalue weighted by Gasteiger charge is -2.17. The van der Waals surface area contributed by atoms with E-state index in [1.807, 2.05) is 72.8 Å². The van der Waals surface area contributed by atoms with E-state index < -0.39 is 34.6 Å². The molecule has 4 heterocycles. The third-order valence-electron chi connectivity index (χ3n) is 16.4. The molecule has 18 heteroatoms. The number of para-hydroxylation sites is 2. The van der Waals surface area contributed by atoms with E-state index in [9.17, 15) is 37.7 Å². The van der Waals surface area contributed by atoms with Crippen LogP contribution >= 0.6 is 0 Å². The van der Waals surface area contributed by atoms with E-state index in [1.54, 1.807) is 115 Å². The summed E-state index contributed by atoms with van der Waals surface area (Å²) in [4.78, 5) is 45.0. The van der Waals surface area contributed by atoms with Crippen molar-refractivity contribution in [2.45, 2.75) is 0 Å². The van der Waals surface area contributed by atoms with E-state index in [-0.39, 0.29) is 28.0 Å². The highest BCUT2D eigenvalue weighted by atomic mass is 19.2. The van der Waals surface area contributed by atoms with Crippen molar-refractivity contribution in [1.82, 2.24) is 29.9 Å². The summed E-state index contributed by atoms with van der Waals surface area (Å²) in [6.07, 6.45) is 0. The summed E-state index contributed by atoms with van der Waals surface area (Å²) in [6, 6.07) is 65.4. The van der Waals surface area contributed by atoms with Crippen molar-refractivity contribution in [2.75, 3.05) is 0 Å². The van der Waals surface area contributed by atoms with Gasteiger partial charge in [0.2, 0.25) is 17.2 Å². The second kappa shape index (κ2) is 24.6. The Kier molecular flexibility index (Phi) is 15.3. The molecule has 0 N–H and O–H groups in total. The first-order chi connectivity index (χ1) is 47.3. The van der Waals surface area contributed by atoms with Crippen LogP contribution < -0.4 is 0 Å². The van der Waals surface area contributed by atoms with Crippen LogP contribution in [0.3, 0.4) is 0 Å². The highest BCUT2D eigenvalue weighted by Crippen LogP contribution is 2.46. The first kappa shape index (κ1) is 60.1. The lowest BCUT2D eigenvalue weighted by atomic mass is 9.95. The van der Waals surface area contributed by atoms with Gasteiger partial charge in [0.05, 0.1) is 134 Å². The molecule has 13 nitrogen and oxygen atoms in total. The monoisotopic (exact) mass is 1260 g/mol. The van der Waals surface area contributed by atoms with Crippen molar-refractivity contribution in [1.29, 1.82) is 15.8 Å². The molecule has 0 saturated heterocycles. The average molecular weight is 1260 g/mol. The van der Waals surface area contributed by atoms with Crippen molar-refractivity contribution in [3.05, 3.63) is 298 Å². The van der Waals surface area contributed by atoms with Crippen molar-refractivity contribution in [2.24, 2.45) is 0 Å². The van der Waals surface area contributed by atoms with Gasteiger partial charge in [0, 0.05) is 54.6 Å². The zero-order valence-corrected chi connectivity index (χ0v) is 49.8. The minimum Gasteiger partial charge on any atom is -0.255 e. The van der Waals surface area contributed by atoms with Crippen LogP contribution in [0.4, 0.5) is 44.7 Å². The molecule has 0 fully saturated rings. The van der Waals surface area contributed by atoms with Gasteiger partial charge in [-0.25, -0.2) is 61.3 Å². The maximum atomic E-state index is 15.0. The summed E-state index contributed by atoms with van der Waals surface area (Å²) in [6.45, 7) is 31.0. The third kappa shape index (κ3) is 10.5. The Bertz CT molecular complexity index is 6180. The highest BCUT2D eigenvalue weighted by Gasteiger charge is 2.29. The summed E-state index contributed by atoms with van der Waals surface area (Å²) in [5.41, 5.74) is 11.0. The van der Waals surface area contributed by atoms with E-state index in [1.165, 1.54) is 18.2 Å². The number of nitrogens with zero attached hydrogens (tertiary/aromatic N) is 13. The first-order valence-corrected chi connectivity index (χ1v) is 29.3. The molecule has 450 valence electrons. The Balaban J connectivity index is 0.000000169. The van der Waals surface area contributed by atoms with Crippen LogP contribution in [-0.2, 0) is 0 Å². The summed E-state index contributed by atoms with van der Waals surface area (Å²) in [5, 5.41) is 32.4. The molecule has 0 spiro atoms. The van der Waals surface area contributed by atoms with Gasteiger partial charge >= 0.3 is 0 Å². The van der Waals surface area contributed by atoms with Crippen molar-refractivity contribution >= 4 is 88.2 Å². The zero-order chi connectivity index (χ0) is 67.2. The number of pyridine rings is 2. The van der Waals surface area contributed by atoms with Gasteiger partial charge in [-0.15, -0.1) is 0 Å². The van der Waals surface area contributed by atoms with Crippen LogP contribution in [0.5, 0.6) is 0 Å². The van der Waals surface area contributed by atoms with E-state index in [0.29, 0.717) is 112 Å². The fourth-order valence-corrected chi connectivity index (χ4v) is 11.9. The molecule has 0 unspecified atom stereocenters. The molecule has 0 aliphatic carbocycles. The van der Waals surface area contributed by atoms with Gasteiger partial charge in [-0.3, -0.25) is 9.97 Å². The van der Waals surface area contributed by atoms with Gasteiger partial charge in [-0.1, -0.05) is 140 Å². The minimum absolute atomic E-state index is 0.111. The molecule has 0 amide bonds. The van der Waals surface area contributed by atoms with E-state index in [2.05, 4.69) is 37.6 Å². The molecule has 0 atom stereocenters. The molecule has 0 bridgehead atoms. The average Bonchev–Trinajstić information content (AvgIpc) is 0.731. The number of hydrogen-bond acceptors (Lipinski definition) is 9. The maximum absolute atomic E-state index is 15.0.